The van der Waals surface area contributed by atoms with E-state index in [1.807, 2.05) is 35.1 Å². The smallest absolute Gasteiger partial charge is 0.256 e. The molecule has 0 saturated heterocycles. The van der Waals surface area contributed by atoms with E-state index in [1.165, 1.54) is 0 Å². The molecule has 0 aliphatic heterocycles. The van der Waals surface area contributed by atoms with Crippen molar-refractivity contribution in [2.75, 3.05) is 5.32 Å². The molecule has 6 heteroatoms. The summed E-state index contributed by atoms with van der Waals surface area (Å²) in [4.78, 5) is 12.8. The van der Waals surface area contributed by atoms with Gasteiger partial charge in [0, 0.05) is 29.4 Å². The molecule has 3 rings (SSSR count). The molecule has 0 aliphatic carbocycles. The van der Waals surface area contributed by atoms with Gasteiger partial charge in [-0.25, -0.2) is 9.36 Å². The molecule has 0 saturated carbocycles. The number of hydrogen-bond acceptors (Lipinski definition) is 3. The van der Waals surface area contributed by atoms with E-state index in [2.05, 4.69) is 52.0 Å². The van der Waals surface area contributed by atoms with E-state index in [4.69, 9.17) is 5.10 Å². The van der Waals surface area contributed by atoms with Gasteiger partial charge in [0.05, 0.1) is 16.9 Å². The standard InChI is InChI=1S/C21H27N5O/c1-20(2,3)17-14-18(26(24-17)21(4,5)6)23-19(27)15-8-10-16(11-9-15)25-13-7-12-22-25/h7-14H,1-6H3,(H,23,27). The molecule has 27 heavy (non-hydrogen) atoms. The molecule has 0 atom stereocenters. The van der Waals surface area contributed by atoms with Gasteiger partial charge < -0.3 is 5.32 Å². The third-order valence-electron chi connectivity index (χ3n) is 4.25. The highest BCUT2D eigenvalue weighted by molar-refractivity contribution is 6.04. The summed E-state index contributed by atoms with van der Waals surface area (Å²) < 4.78 is 3.63. The monoisotopic (exact) mass is 365 g/mol. The van der Waals surface area contributed by atoms with Crippen LogP contribution < -0.4 is 5.32 Å². The van der Waals surface area contributed by atoms with Crippen molar-refractivity contribution >= 4 is 11.7 Å². The van der Waals surface area contributed by atoms with Gasteiger partial charge >= 0.3 is 0 Å². The summed E-state index contributed by atoms with van der Waals surface area (Å²) in [5, 5.41) is 12.0. The number of carbonyl (C=O) groups is 1. The number of amides is 1. The summed E-state index contributed by atoms with van der Waals surface area (Å²) in [7, 11) is 0. The van der Waals surface area contributed by atoms with Gasteiger partial charge in [-0.2, -0.15) is 10.2 Å². The zero-order valence-corrected chi connectivity index (χ0v) is 16.8. The second-order valence-electron chi connectivity index (χ2n) is 8.70. The predicted octanol–water partition coefficient (Wildman–Crippen LogP) is 4.37. The van der Waals surface area contributed by atoms with Gasteiger partial charge in [-0.1, -0.05) is 20.8 Å². The predicted molar refractivity (Wildman–Crippen MR) is 107 cm³/mol. The van der Waals surface area contributed by atoms with Crippen LogP contribution in [0, 0.1) is 0 Å². The maximum absolute atomic E-state index is 12.8. The van der Waals surface area contributed by atoms with E-state index in [0.29, 0.717) is 11.4 Å². The minimum Gasteiger partial charge on any atom is -0.307 e. The van der Waals surface area contributed by atoms with Crippen LogP contribution in [0.3, 0.4) is 0 Å². The Morgan fingerprint density at radius 1 is 1.04 bits per heavy atom. The van der Waals surface area contributed by atoms with Gasteiger partial charge in [0.15, 0.2) is 0 Å². The first-order chi connectivity index (χ1) is 12.6. The summed E-state index contributed by atoms with van der Waals surface area (Å²) in [6, 6.07) is 11.2. The van der Waals surface area contributed by atoms with Crippen LogP contribution in [0.1, 0.15) is 57.6 Å². The van der Waals surface area contributed by atoms with Crippen molar-refractivity contribution in [3.63, 3.8) is 0 Å². The fraction of sp³-hybridized carbons (Fsp3) is 0.381. The van der Waals surface area contributed by atoms with Crippen LogP contribution in [-0.2, 0) is 11.0 Å². The van der Waals surface area contributed by atoms with Crippen molar-refractivity contribution in [2.45, 2.75) is 52.5 Å². The lowest BCUT2D eigenvalue weighted by molar-refractivity contribution is 0.102. The summed E-state index contributed by atoms with van der Waals surface area (Å²) in [5.41, 5.74) is 2.11. The molecule has 0 bridgehead atoms. The Labute approximate surface area is 160 Å². The van der Waals surface area contributed by atoms with Crippen molar-refractivity contribution in [2.24, 2.45) is 0 Å². The molecule has 0 aliphatic rings. The Hall–Kier alpha value is -2.89. The summed E-state index contributed by atoms with van der Waals surface area (Å²) in [5.74, 6) is 0.543. The van der Waals surface area contributed by atoms with E-state index in [0.717, 1.165) is 11.4 Å². The van der Waals surface area contributed by atoms with Gasteiger partial charge in [-0.15, -0.1) is 0 Å². The highest BCUT2D eigenvalue weighted by Gasteiger charge is 2.26. The van der Waals surface area contributed by atoms with Gasteiger partial charge in [0.1, 0.15) is 5.82 Å². The number of carbonyl (C=O) groups excluding carboxylic acids is 1. The van der Waals surface area contributed by atoms with Gasteiger partial charge in [-0.05, 0) is 51.1 Å². The average Bonchev–Trinajstić information content (AvgIpc) is 3.23. The molecular formula is C21H27N5O. The zero-order chi connectivity index (χ0) is 19.8. The third kappa shape index (κ3) is 4.10. The number of aromatic nitrogens is 4. The highest BCUT2D eigenvalue weighted by atomic mass is 16.1. The second kappa shape index (κ2) is 6.68. The largest absolute Gasteiger partial charge is 0.307 e. The minimum absolute atomic E-state index is 0.0958. The van der Waals surface area contributed by atoms with Crippen LogP contribution in [0.5, 0.6) is 0 Å². The molecule has 0 unspecified atom stereocenters. The first kappa shape index (κ1) is 18.9. The summed E-state index contributed by atoms with van der Waals surface area (Å²) in [6.07, 6.45) is 3.59. The van der Waals surface area contributed by atoms with E-state index >= 15 is 0 Å². The summed E-state index contributed by atoms with van der Waals surface area (Å²) in [6.45, 7) is 12.6. The highest BCUT2D eigenvalue weighted by Crippen LogP contribution is 2.28. The van der Waals surface area contributed by atoms with Crippen LogP contribution in [0.2, 0.25) is 0 Å². The van der Waals surface area contributed by atoms with Crippen LogP contribution in [0.4, 0.5) is 5.82 Å². The Kier molecular flexibility index (Phi) is 4.68. The Bertz CT molecular complexity index is 923. The van der Waals surface area contributed by atoms with E-state index in [-0.39, 0.29) is 16.9 Å². The SMILES string of the molecule is CC(C)(C)c1cc(NC(=O)c2ccc(-n3cccn3)cc2)n(C(C)(C)C)n1. The molecule has 0 radical (unpaired) electrons. The van der Waals surface area contributed by atoms with E-state index in [9.17, 15) is 4.79 Å². The molecule has 142 valence electrons. The quantitative estimate of drug-likeness (QED) is 0.749. The molecule has 2 aromatic heterocycles. The average molecular weight is 365 g/mol. The topological polar surface area (TPSA) is 64.7 Å². The fourth-order valence-corrected chi connectivity index (χ4v) is 2.72. The van der Waals surface area contributed by atoms with Crippen LogP contribution in [0.25, 0.3) is 5.69 Å². The Morgan fingerprint density at radius 2 is 1.70 bits per heavy atom. The second-order valence-corrected chi connectivity index (χ2v) is 8.70. The van der Waals surface area contributed by atoms with Crippen molar-refractivity contribution in [3.8, 4) is 5.69 Å². The maximum atomic E-state index is 12.8. The lowest BCUT2D eigenvalue weighted by Crippen LogP contribution is -2.27. The van der Waals surface area contributed by atoms with Gasteiger partial charge in [-0.3, -0.25) is 4.79 Å². The van der Waals surface area contributed by atoms with Crippen LogP contribution >= 0.6 is 0 Å². The maximum Gasteiger partial charge on any atom is 0.256 e. The molecule has 0 spiro atoms. The number of benzene rings is 1. The van der Waals surface area contributed by atoms with Crippen LogP contribution in [-0.4, -0.2) is 25.5 Å². The Morgan fingerprint density at radius 3 is 2.22 bits per heavy atom. The molecular weight excluding hydrogens is 338 g/mol. The third-order valence-corrected chi connectivity index (χ3v) is 4.25. The molecule has 1 amide bonds. The Balaban J connectivity index is 1.86. The fourth-order valence-electron chi connectivity index (χ4n) is 2.72. The van der Waals surface area contributed by atoms with Crippen molar-refractivity contribution in [1.82, 2.24) is 19.6 Å². The molecule has 0 fully saturated rings. The number of nitrogens with one attached hydrogen (secondary N) is 1. The van der Waals surface area contributed by atoms with Crippen molar-refractivity contribution < 1.29 is 4.79 Å². The number of anilines is 1. The first-order valence-electron chi connectivity index (χ1n) is 9.08. The molecule has 3 aromatic rings. The van der Waals surface area contributed by atoms with Gasteiger partial charge in [0.2, 0.25) is 0 Å². The van der Waals surface area contributed by atoms with Gasteiger partial charge in [0.25, 0.3) is 5.91 Å². The lowest BCUT2D eigenvalue weighted by atomic mass is 9.92. The molecule has 6 nitrogen and oxygen atoms in total. The van der Waals surface area contributed by atoms with Crippen molar-refractivity contribution in [1.29, 1.82) is 0 Å². The first-order valence-corrected chi connectivity index (χ1v) is 9.08. The molecule has 2 heterocycles. The van der Waals surface area contributed by atoms with E-state index < -0.39 is 0 Å². The normalized spacial score (nSPS) is 12.2. The van der Waals surface area contributed by atoms with Crippen molar-refractivity contribution in [3.05, 3.63) is 60.0 Å². The minimum atomic E-state index is -0.240. The lowest BCUT2D eigenvalue weighted by Gasteiger charge is -2.23. The van der Waals surface area contributed by atoms with Crippen LogP contribution in [0.15, 0.2) is 48.8 Å². The molecule has 1 aromatic carbocycles. The number of hydrogen-bond donors (Lipinski definition) is 1. The summed E-state index contributed by atoms with van der Waals surface area (Å²) >= 11 is 0. The number of rotatable bonds is 3. The van der Waals surface area contributed by atoms with E-state index in [1.54, 1.807) is 23.0 Å². The zero-order valence-electron chi connectivity index (χ0n) is 16.8. The molecule has 1 N–H and O–H groups in total. The number of nitrogens with zero attached hydrogens (tertiary/aromatic N) is 4.